The first-order chi connectivity index (χ1) is 27.9. The van der Waals surface area contributed by atoms with Gasteiger partial charge in [0.2, 0.25) is 0 Å². The first-order valence-corrected chi connectivity index (χ1v) is 19.3. The van der Waals surface area contributed by atoms with Crippen molar-refractivity contribution in [3.05, 3.63) is 190 Å². The van der Waals surface area contributed by atoms with Crippen molar-refractivity contribution in [2.45, 2.75) is 0 Å². The van der Waals surface area contributed by atoms with E-state index in [1.54, 1.807) is 0 Å². The Bertz CT molecular complexity index is 3220. The van der Waals surface area contributed by atoms with E-state index in [0.717, 1.165) is 60.9 Å². The Kier molecular flexibility index (Phi) is 7.52. The average molecular weight is 776 g/mol. The van der Waals surface area contributed by atoms with E-state index in [9.17, 15) is 9.59 Å². The molecule has 2 aliphatic rings. The zero-order valence-electron chi connectivity index (χ0n) is 30.0. The molecule has 0 fully saturated rings. The van der Waals surface area contributed by atoms with Crippen LogP contribution in [-0.2, 0) is 0 Å². The zero-order chi connectivity index (χ0) is 38.4. The molecule has 2 aliphatic carbocycles. The maximum atomic E-state index is 14.1. The second-order valence-electron chi connectivity index (χ2n) is 14.3. The van der Waals surface area contributed by atoms with E-state index in [1.807, 2.05) is 133 Å². The van der Waals surface area contributed by atoms with Crippen molar-refractivity contribution < 1.29 is 14.0 Å². The van der Waals surface area contributed by atoms with Crippen LogP contribution in [0, 0.1) is 0 Å². The first-order valence-electron chi connectivity index (χ1n) is 18.6. The van der Waals surface area contributed by atoms with Gasteiger partial charge in [0.15, 0.2) is 11.6 Å². The molecular formula is C50H28Cl2N2O3. The Labute approximate surface area is 337 Å². The monoisotopic (exact) mass is 774 g/mol. The Balaban J connectivity index is 0.938. The van der Waals surface area contributed by atoms with Crippen LogP contribution in [0.2, 0.25) is 10.0 Å². The molecule has 57 heavy (non-hydrogen) atoms. The molecule has 5 nitrogen and oxygen atoms in total. The highest BCUT2D eigenvalue weighted by atomic mass is 35.5. The van der Waals surface area contributed by atoms with Crippen molar-refractivity contribution in [1.82, 2.24) is 0 Å². The lowest BCUT2D eigenvalue weighted by atomic mass is 9.95. The highest BCUT2D eigenvalue weighted by Gasteiger charge is 2.31. The van der Waals surface area contributed by atoms with Gasteiger partial charge < -0.3 is 15.1 Å². The molecule has 0 spiro atoms. The lowest BCUT2D eigenvalue weighted by molar-refractivity contribution is 0.103. The van der Waals surface area contributed by atoms with Crippen molar-refractivity contribution in [2.75, 3.05) is 10.6 Å². The van der Waals surface area contributed by atoms with Crippen LogP contribution in [0.1, 0.15) is 31.8 Å². The number of nitrogens with one attached hydrogen (secondary N) is 2. The Hall–Kier alpha value is -6.92. The largest absolute Gasteiger partial charge is 0.456 e. The predicted molar refractivity (Wildman–Crippen MR) is 232 cm³/mol. The Morgan fingerprint density at radius 1 is 0.421 bits per heavy atom. The minimum Gasteiger partial charge on any atom is -0.456 e. The topological polar surface area (TPSA) is 71.3 Å². The highest BCUT2D eigenvalue weighted by molar-refractivity contribution is 6.40. The first kappa shape index (κ1) is 33.4. The molecule has 0 unspecified atom stereocenters. The maximum Gasteiger partial charge on any atom is 0.196 e. The van der Waals surface area contributed by atoms with Gasteiger partial charge in [0.05, 0.1) is 43.9 Å². The molecule has 0 amide bonds. The SMILES string of the molecule is O=C1c2ccc(-c3cccc(-c4cccc(Cl)c4Nc4cccc5c4C(=O)c4ccccc4-5)c3)cc2-c2cccc(Nc3ccc4oc5ccccc5c4c3Cl)c21. The summed E-state index contributed by atoms with van der Waals surface area (Å²) in [7, 11) is 0. The third-order valence-corrected chi connectivity index (χ3v) is 11.8. The molecule has 2 N–H and O–H groups in total. The fourth-order valence-electron chi connectivity index (χ4n) is 8.49. The molecule has 9 aromatic rings. The lowest BCUT2D eigenvalue weighted by Crippen LogP contribution is -2.02. The summed E-state index contributed by atoms with van der Waals surface area (Å²) >= 11 is 13.9. The Morgan fingerprint density at radius 2 is 1.04 bits per heavy atom. The number of carbonyl (C=O) groups is 2. The summed E-state index contributed by atoms with van der Waals surface area (Å²) in [6.07, 6.45) is 0. The normalized spacial score (nSPS) is 12.5. The van der Waals surface area contributed by atoms with E-state index < -0.39 is 0 Å². The summed E-state index contributed by atoms with van der Waals surface area (Å²) in [6.45, 7) is 0. The second kappa shape index (κ2) is 12.8. The molecule has 1 aromatic heterocycles. The number of carbonyl (C=O) groups excluding carboxylic acids is 2. The number of rotatable bonds is 6. The number of furan rings is 1. The highest BCUT2D eigenvalue weighted by Crippen LogP contribution is 2.47. The number of fused-ring (bicyclic) bond motifs is 9. The quantitative estimate of drug-likeness (QED) is 0.176. The van der Waals surface area contributed by atoms with E-state index in [2.05, 4.69) is 34.9 Å². The minimum absolute atomic E-state index is 0.00726. The summed E-state index contributed by atoms with van der Waals surface area (Å²) in [6, 6.07) is 51.1. The molecule has 0 bridgehead atoms. The predicted octanol–water partition coefficient (Wildman–Crippen LogP) is 14.1. The number of benzene rings is 8. The van der Waals surface area contributed by atoms with Crippen LogP contribution in [0.5, 0.6) is 0 Å². The number of para-hydroxylation sites is 2. The fraction of sp³-hybridized carbons (Fsp3) is 0. The van der Waals surface area contributed by atoms with Gasteiger partial charge in [-0.3, -0.25) is 9.59 Å². The second-order valence-corrected chi connectivity index (χ2v) is 15.1. The molecule has 1 heterocycles. The van der Waals surface area contributed by atoms with Gasteiger partial charge in [-0.25, -0.2) is 0 Å². The number of hydrogen-bond acceptors (Lipinski definition) is 5. The molecule has 0 saturated heterocycles. The summed E-state index contributed by atoms with van der Waals surface area (Å²) in [5.41, 5.74) is 14.2. The number of ketones is 2. The number of anilines is 4. The Morgan fingerprint density at radius 3 is 1.86 bits per heavy atom. The maximum absolute atomic E-state index is 14.1. The lowest BCUT2D eigenvalue weighted by Gasteiger charge is -2.17. The van der Waals surface area contributed by atoms with E-state index in [4.69, 9.17) is 27.6 Å². The van der Waals surface area contributed by atoms with Gasteiger partial charge in [-0.15, -0.1) is 0 Å². The third-order valence-electron chi connectivity index (χ3n) is 11.1. The number of hydrogen-bond donors (Lipinski definition) is 2. The molecule has 7 heteroatoms. The molecule has 0 aliphatic heterocycles. The zero-order valence-corrected chi connectivity index (χ0v) is 31.5. The van der Waals surface area contributed by atoms with Crippen LogP contribution in [0.15, 0.2) is 162 Å². The molecule has 0 radical (unpaired) electrons. The van der Waals surface area contributed by atoms with E-state index >= 15 is 0 Å². The standard InChI is InChI=1S/C50H28Cl2N2O3/c51-38-17-6-14-30(48(38)54-40-19-7-15-32-31-11-1-2-12-34(31)49(55)44(32)40)29-10-5-9-27(25-29)28-21-22-35-37(26-28)33-16-8-18-39(45(33)50(35)56)53-41-23-24-43-46(47(41)52)36-13-3-4-20-42(36)57-43/h1-26,53-54H. The van der Waals surface area contributed by atoms with Crippen LogP contribution in [0.25, 0.3) is 66.4 Å². The van der Waals surface area contributed by atoms with E-state index in [0.29, 0.717) is 60.6 Å². The summed E-state index contributed by atoms with van der Waals surface area (Å²) < 4.78 is 6.03. The van der Waals surface area contributed by atoms with Gasteiger partial charge in [-0.05, 0) is 93.5 Å². The minimum atomic E-state index is -0.0435. The van der Waals surface area contributed by atoms with Gasteiger partial charge in [-0.2, -0.15) is 0 Å². The van der Waals surface area contributed by atoms with Gasteiger partial charge in [0.1, 0.15) is 11.2 Å². The van der Waals surface area contributed by atoms with Crippen molar-refractivity contribution in [3.63, 3.8) is 0 Å². The van der Waals surface area contributed by atoms with Crippen molar-refractivity contribution in [3.8, 4) is 44.5 Å². The van der Waals surface area contributed by atoms with Crippen molar-refractivity contribution in [1.29, 1.82) is 0 Å². The van der Waals surface area contributed by atoms with Crippen LogP contribution in [-0.4, -0.2) is 11.6 Å². The molecular weight excluding hydrogens is 747 g/mol. The molecule has 0 atom stereocenters. The van der Waals surface area contributed by atoms with Crippen molar-refractivity contribution in [2.24, 2.45) is 0 Å². The molecule has 8 aromatic carbocycles. The van der Waals surface area contributed by atoms with E-state index in [-0.39, 0.29) is 11.6 Å². The van der Waals surface area contributed by atoms with Gasteiger partial charge in [0, 0.05) is 27.5 Å². The molecule has 11 rings (SSSR count). The van der Waals surface area contributed by atoms with Crippen molar-refractivity contribution >= 4 is 79.5 Å². The van der Waals surface area contributed by atoms with E-state index in [1.165, 1.54) is 0 Å². The summed E-state index contributed by atoms with van der Waals surface area (Å²) in [4.78, 5) is 27.7. The molecule has 0 saturated carbocycles. The summed E-state index contributed by atoms with van der Waals surface area (Å²) in [5, 5.41) is 9.85. The third kappa shape index (κ3) is 5.17. The summed E-state index contributed by atoms with van der Waals surface area (Å²) in [5.74, 6) is -0.0508. The van der Waals surface area contributed by atoms with Crippen LogP contribution in [0.3, 0.4) is 0 Å². The number of halogens is 2. The van der Waals surface area contributed by atoms with Crippen LogP contribution >= 0.6 is 23.2 Å². The van der Waals surface area contributed by atoms with Gasteiger partial charge in [0.25, 0.3) is 0 Å². The fourth-order valence-corrected chi connectivity index (χ4v) is 9.02. The van der Waals surface area contributed by atoms with Gasteiger partial charge >= 0.3 is 0 Å². The van der Waals surface area contributed by atoms with Crippen LogP contribution in [0.4, 0.5) is 22.7 Å². The average Bonchev–Trinajstić information content (AvgIpc) is 3.87. The van der Waals surface area contributed by atoms with Crippen LogP contribution < -0.4 is 10.6 Å². The smallest absolute Gasteiger partial charge is 0.196 e. The van der Waals surface area contributed by atoms with Gasteiger partial charge in [-0.1, -0.05) is 126 Å². The molecule has 270 valence electrons.